The Balaban J connectivity index is 0.000000150. The molecule has 0 radical (unpaired) electrons. The van der Waals surface area contributed by atoms with Gasteiger partial charge in [-0.3, -0.25) is 39.1 Å². The molecule has 7 aliphatic heterocycles. The van der Waals surface area contributed by atoms with Gasteiger partial charge in [-0.15, -0.1) is 11.3 Å². The Hall–Kier alpha value is -7.99. The molecule has 0 aliphatic carbocycles. The SMILES string of the molecule is CC(C)(C)SCCNC(=O)[C@@H]1CCCN1c1ccc(Cl)cc1.Cc1nonc1CNC(=O)[C@@H]1CCCN1c1ccc(Cl)cc1.O=C(Cc1ccc(C(F)(F)F)c(F)c1)[C@@H]1C[C@@H](O)CN1CC1CCOCC1.O=C(Cc1nc(-c2ccc(Cl)cc2)cs1)[C@@H]1C[C@@H](O)CN1CC1CCOCC1.O=C(Nc1nc(C(F)(F)F)co1)[C@@H]1CCCN1c1ccc(Cl)cc1. The van der Waals surface area contributed by atoms with Crippen molar-refractivity contribution < 1.29 is 83.4 Å². The minimum Gasteiger partial charge on any atom is -0.431 e. The van der Waals surface area contributed by atoms with Crippen LogP contribution in [0.3, 0.4) is 0 Å². The molecule has 23 nitrogen and oxygen atoms in total. The number of ketones is 2. The molecule has 0 saturated carbocycles. The van der Waals surface area contributed by atoms with Gasteiger partial charge in [0.05, 0.1) is 48.5 Å². The molecule has 0 unspecified atom stereocenters. The number of aliphatic hydroxyl groups is 2. The Morgan fingerprint density at radius 1 is 0.569 bits per heavy atom. The summed E-state index contributed by atoms with van der Waals surface area (Å²) in [7, 11) is 0. The number of aliphatic hydroxyl groups excluding tert-OH is 2. The average molecular weight is 1830 g/mol. The van der Waals surface area contributed by atoms with Gasteiger partial charge in [-0.05, 0) is 198 Å². The molecular weight excluding hydrogens is 1730 g/mol. The molecule has 3 aromatic heterocycles. The summed E-state index contributed by atoms with van der Waals surface area (Å²) in [5.41, 5.74) is 3.82. The first kappa shape index (κ1) is 95.7. The first-order chi connectivity index (χ1) is 58.7. The zero-order chi connectivity index (χ0) is 88.1. The average Bonchev–Trinajstić information content (AvgIpc) is 1.78. The number of alkyl halides is 6. The second-order valence-electron chi connectivity index (χ2n) is 32.3. The van der Waals surface area contributed by atoms with Crippen LogP contribution in [0.1, 0.15) is 131 Å². The lowest BCUT2D eigenvalue weighted by molar-refractivity contribution is -0.141. The van der Waals surface area contributed by atoms with Crippen LogP contribution in [0.2, 0.25) is 20.1 Å². The number of nitrogens with one attached hydrogen (secondary N) is 3. The summed E-state index contributed by atoms with van der Waals surface area (Å²) in [6, 6.07) is 30.6. The predicted octanol–water partition coefficient (Wildman–Crippen LogP) is 16.5. The molecule has 0 spiro atoms. The maximum atomic E-state index is 13.7. The molecule has 8 aromatic rings. The van der Waals surface area contributed by atoms with E-state index in [1.54, 1.807) is 31.2 Å². The zero-order valence-electron chi connectivity index (χ0n) is 68.7. The number of thioether (sulfide) groups is 1. The number of aromatic nitrogens is 4. The first-order valence-electron chi connectivity index (χ1n) is 41.2. The lowest BCUT2D eigenvalue weighted by Crippen LogP contribution is -2.44. The van der Waals surface area contributed by atoms with Crippen molar-refractivity contribution in [3.63, 3.8) is 0 Å². The molecule has 666 valence electrons. The van der Waals surface area contributed by atoms with E-state index < -0.39 is 65.6 Å². The summed E-state index contributed by atoms with van der Waals surface area (Å²) < 4.78 is 110. The maximum absolute atomic E-state index is 13.7. The molecule has 15 rings (SSSR count). The third-order valence-corrected chi connectivity index (χ3v) is 25.3. The number of thiazole rings is 1. The molecule has 123 heavy (non-hydrogen) atoms. The van der Waals surface area contributed by atoms with E-state index in [2.05, 4.69) is 80.7 Å². The number of amides is 3. The highest BCUT2D eigenvalue weighted by Gasteiger charge is 2.42. The van der Waals surface area contributed by atoms with E-state index in [0.717, 1.165) is 153 Å². The standard InChI is InChI=1S/C21H25ClN2O3S.C19H23F4NO3.C17H25ClN2OS.C15H13ClF3N3O2.C15H17ClN4O2/c22-16-3-1-15(2-4-16)18-13-28-21(23-18)10-20(26)19-9-17(25)12-24(19)11-14-5-7-27-8-6-14;20-16-7-13(1-2-15(16)19(21,22)23)8-18(26)17-9-14(25)11-24(17)10-12-3-5-27-6-4-12;1-17(2,3)22-12-10-19-16(21)15-5-4-11-20(15)14-8-6-13(18)7-9-14;16-9-3-5-10(6-4-9)22-7-1-2-11(22)13(23)21-14-20-12(8-24-14)15(17,18)19;1-10-13(19-22-18-10)9-17-15(21)14-3-2-8-20(14)12-6-4-11(16)5-7-12/h1-4,13-14,17,19,25H,5-12H2;1-2,7,12,14,17,25H,3-6,8-11H2;6-9,15H,4-5,10-12H2,1-3H3,(H,19,21);3-6,8,11H,1-2,7H2,(H,20,21,23);4-7,14H,2-3,8-9H2,1H3,(H,17,21)/t17-,19+;14-,17+;15-;11-;14-/m11000/s1. The first-order valence-corrected chi connectivity index (χ1v) is 44.5. The Morgan fingerprint density at radius 2 is 1.03 bits per heavy atom. The molecule has 7 aliphatic rings. The molecule has 3 amide bonds. The number of benzene rings is 5. The van der Waals surface area contributed by atoms with Crippen LogP contribution < -0.4 is 30.7 Å². The van der Waals surface area contributed by atoms with Gasteiger partial charge < -0.3 is 49.4 Å². The van der Waals surface area contributed by atoms with E-state index in [1.807, 2.05) is 99.7 Å². The van der Waals surface area contributed by atoms with Crippen LogP contribution in [0.4, 0.5) is 53.8 Å². The number of nitrogens with zero attached hydrogens (tertiary/aromatic N) is 9. The van der Waals surface area contributed by atoms with Gasteiger partial charge in [-0.2, -0.15) is 43.1 Å². The summed E-state index contributed by atoms with van der Waals surface area (Å²) in [4.78, 5) is 81.1. The van der Waals surface area contributed by atoms with Crippen molar-refractivity contribution in [1.29, 1.82) is 0 Å². The van der Waals surface area contributed by atoms with Crippen molar-refractivity contribution in [3.8, 4) is 11.3 Å². The number of hydrogen-bond acceptors (Lipinski definition) is 22. The van der Waals surface area contributed by atoms with Crippen molar-refractivity contribution >= 4 is 122 Å². The maximum Gasteiger partial charge on any atom is 0.436 e. The van der Waals surface area contributed by atoms with Gasteiger partial charge in [0.1, 0.15) is 46.6 Å². The smallest absolute Gasteiger partial charge is 0.431 e. The molecule has 7 fully saturated rings. The number of aryl methyl sites for hydroxylation is 1. The third kappa shape index (κ3) is 28.5. The van der Waals surface area contributed by atoms with E-state index in [1.165, 1.54) is 11.3 Å². The fourth-order valence-corrected chi connectivity index (χ4v) is 18.1. The second-order valence-corrected chi connectivity index (χ2v) is 36.9. The second kappa shape index (κ2) is 44.9. The van der Waals surface area contributed by atoms with Crippen LogP contribution in [-0.4, -0.2) is 201 Å². The van der Waals surface area contributed by atoms with Crippen molar-refractivity contribution in [2.45, 2.75) is 184 Å². The fraction of sp³-hybridized carbons (Fsp3) is 0.506. The van der Waals surface area contributed by atoms with Crippen molar-refractivity contribution in [2.75, 3.05) is 105 Å². The number of rotatable bonds is 23. The summed E-state index contributed by atoms with van der Waals surface area (Å²) in [6.45, 7) is 17.4. The molecule has 10 heterocycles. The monoisotopic (exact) mass is 1830 g/mol. The normalized spacial score (nSPS) is 21.0. The molecule has 5 N–H and O–H groups in total. The lowest BCUT2D eigenvalue weighted by atomic mass is 9.97. The van der Waals surface area contributed by atoms with Gasteiger partial charge in [0.2, 0.25) is 11.8 Å². The number of carbonyl (C=O) groups is 5. The molecular formula is C87H103Cl4F7N12O11S2. The summed E-state index contributed by atoms with van der Waals surface area (Å²) >= 11 is 27.0. The Labute approximate surface area is 738 Å². The van der Waals surface area contributed by atoms with E-state index >= 15 is 0 Å². The number of likely N-dealkylation sites (tertiary alicyclic amines) is 2. The third-order valence-electron chi connectivity index (χ3n) is 22.2. The number of halogens is 11. The summed E-state index contributed by atoms with van der Waals surface area (Å²) in [5.74, 6) is 0.128. The molecule has 0 bridgehead atoms. The highest BCUT2D eigenvalue weighted by atomic mass is 35.5. The number of Topliss-reactive ketones (excluding diaryl/α,β-unsaturated/α-hetero) is 2. The van der Waals surface area contributed by atoms with Crippen LogP contribution >= 0.6 is 69.5 Å². The molecule has 5 aromatic carbocycles. The largest absolute Gasteiger partial charge is 0.436 e. The van der Waals surface area contributed by atoms with Crippen molar-refractivity contribution in [2.24, 2.45) is 11.8 Å². The van der Waals surface area contributed by atoms with Gasteiger partial charge in [-0.25, -0.2) is 14.0 Å². The van der Waals surface area contributed by atoms with Crippen molar-refractivity contribution in [1.82, 2.24) is 40.7 Å². The number of anilines is 4. The highest BCUT2D eigenvalue weighted by molar-refractivity contribution is 8.00. The van der Waals surface area contributed by atoms with Gasteiger partial charge in [0, 0.05) is 144 Å². The van der Waals surface area contributed by atoms with Gasteiger partial charge in [-0.1, -0.05) is 95.7 Å². The van der Waals surface area contributed by atoms with E-state index in [9.17, 15) is 64.9 Å². The summed E-state index contributed by atoms with van der Waals surface area (Å²) in [6.07, 6.45) is 0.0932. The minimum atomic E-state index is -4.76. The van der Waals surface area contributed by atoms with Gasteiger partial charge >= 0.3 is 18.4 Å². The predicted molar refractivity (Wildman–Crippen MR) is 462 cm³/mol. The van der Waals surface area contributed by atoms with Crippen molar-refractivity contribution in [3.05, 3.63) is 186 Å². The van der Waals surface area contributed by atoms with E-state index in [-0.39, 0.29) is 58.2 Å². The van der Waals surface area contributed by atoms with Crippen LogP contribution in [0.15, 0.2) is 136 Å². The van der Waals surface area contributed by atoms with E-state index in [0.29, 0.717) is 122 Å². The minimum absolute atomic E-state index is 0.00477. The Bertz CT molecular complexity index is 4730. The number of β-amino-alcohol motifs (C(OH)–C–C–N with tert-alkyl or cyclic N) is 2. The van der Waals surface area contributed by atoms with Gasteiger partial charge in [0.15, 0.2) is 17.3 Å². The quantitative estimate of drug-likeness (QED) is 0.0294. The van der Waals surface area contributed by atoms with E-state index in [4.69, 9.17) is 55.9 Å². The van der Waals surface area contributed by atoms with Gasteiger partial charge in [0.25, 0.3) is 5.91 Å². The zero-order valence-corrected chi connectivity index (χ0v) is 73.3. The van der Waals surface area contributed by atoms with Crippen LogP contribution in [-0.2, 0) is 65.2 Å². The topological polar surface area (TPSA) is 274 Å². The molecule has 7 atom stereocenters. The lowest BCUT2D eigenvalue weighted by Gasteiger charge is -2.30. The summed E-state index contributed by atoms with van der Waals surface area (Å²) in [5, 5.41) is 41.4. The number of ether oxygens (including phenoxy) is 2. The Morgan fingerprint density at radius 3 is 1.47 bits per heavy atom. The number of hydrogen-bond donors (Lipinski definition) is 5. The highest BCUT2D eigenvalue weighted by Crippen LogP contribution is 2.37. The van der Waals surface area contributed by atoms with Crippen LogP contribution in [0, 0.1) is 24.6 Å². The molecule has 36 heteroatoms. The number of oxazole rings is 1. The number of carbonyl (C=O) groups excluding carboxylic acids is 5. The van der Waals surface area contributed by atoms with Crippen LogP contribution in [0.5, 0.6) is 0 Å². The molecule has 7 saturated heterocycles. The Kier molecular flexibility index (Phi) is 34.9. The fourth-order valence-electron chi connectivity index (χ4n) is 15.9. The van der Waals surface area contributed by atoms with Crippen LogP contribution in [0.25, 0.3) is 11.3 Å².